The van der Waals surface area contributed by atoms with Gasteiger partial charge in [0.2, 0.25) is 0 Å². The zero-order chi connectivity index (χ0) is 15.0. The van der Waals surface area contributed by atoms with Crippen molar-refractivity contribution in [1.29, 1.82) is 0 Å². The molecule has 0 saturated carbocycles. The number of nitrogens with two attached hydrogens (primary N) is 1. The SMILES string of the molecule is COC(=O)Nc1ccc(CN=C(N)NCC(C)C)cc1. The highest BCUT2D eigenvalue weighted by Crippen LogP contribution is 2.10. The van der Waals surface area contributed by atoms with Crippen LogP contribution in [-0.4, -0.2) is 25.7 Å². The van der Waals surface area contributed by atoms with E-state index in [2.05, 4.69) is 34.2 Å². The van der Waals surface area contributed by atoms with Crippen LogP contribution in [0.1, 0.15) is 19.4 Å². The lowest BCUT2D eigenvalue weighted by Gasteiger charge is -2.08. The topological polar surface area (TPSA) is 88.7 Å². The fraction of sp³-hybridized carbons (Fsp3) is 0.429. The highest BCUT2D eigenvalue weighted by molar-refractivity contribution is 5.84. The van der Waals surface area contributed by atoms with Crippen LogP contribution in [0.15, 0.2) is 29.3 Å². The second-order valence-corrected chi connectivity index (χ2v) is 4.79. The Morgan fingerprint density at radius 2 is 2.00 bits per heavy atom. The van der Waals surface area contributed by atoms with Gasteiger partial charge in [-0.2, -0.15) is 0 Å². The standard InChI is InChI=1S/C14H22N4O2/c1-10(2)8-16-13(15)17-9-11-4-6-12(7-5-11)18-14(19)20-3/h4-7,10H,8-9H2,1-3H3,(H,18,19)(H3,15,16,17). The summed E-state index contributed by atoms with van der Waals surface area (Å²) >= 11 is 0. The summed E-state index contributed by atoms with van der Waals surface area (Å²) in [4.78, 5) is 15.3. The molecule has 1 aromatic rings. The van der Waals surface area contributed by atoms with E-state index in [9.17, 15) is 4.79 Å². The van der Waals surface area contributed by atoms with E-state index in [1.807, 2.05) is 12.1 Å². The van der Waals surface area contributed by atoms with E-state index in [0.29, 0.717) is 24.1 Å². The molecule has 4 N–H and O–H groups in total. The number of guanidine groups is 1. The number of benzene rings is 1. The molecule has 0 bridgehead atoms. The molecule has 0 heterocycles. The molecule has 6 nitrogen and oxygen atoms in total. The third-order valence-electron chi connectivity index (χ3n) is 2.51. The lowest BCUT2D eigenvalue weighted by atomic mass is 10.2. The van der Waals surface area contributed by atoms with Crippen LogP contribution in [0.2, 0.25) is 0 Å². The van der Waals surface area contributed by atoms with Crippen molar-refractivity contribution in [2.24, 2.45) is 16.6 Å². The maximum absolute atomic E-state index is 11.0. The van der Waals surface area contributed by atoms with Crippen LogP contribution in [0.3, 0.4) is 0 Å². The highest BCUT2D eigenvalue weighted by Gasteiger charge is 2.00. The molecule has 0 unspecified atom stereocenters. The van der Waals surface area contributed by atoms with Gasteiger partial charge in [-0.15, -0.1) is 0 Å². The van der Waals surface area contributed by atoms with Crippen LogP contribution < -0.4 is 16.4 Å². The van der Waals surface area contributed by atoms with Gasteiger partial charge < -0.3 is 15.8 Å². The van der Waals surface area contributed by atoms with Crippen molar-refractivity contribution in [3.63, 3.8) is 0 Å². The number of nitrogens with zero attached hydrogens (tertiary/aromatic N) is 1. The Bertz CT molecular complexity index is 455. The highest BCUT2D eigenvalue weighted by atomic mass is 16.5. The van der Waals surface area contributed by atoms with Crippen molar-refractivity contribution >= 4 is 17.7 Å². The predicted octanol–water partition coefficient (Wildman–Crippen LogP) is 1.93. The van der Waals surface area contributed by atoms with Gasteiger partial charge in [0.05, 0.1) is 13.7 Å². The van der Waals surface area contributed by atoms with Crippen molar-refractivity contribution in [2.75, 3.05) is 19.0 Å². The van der Waals surface area contributed by atoms with Crippen molar-refractivity contribution < 1.29 is 9.53 Å². The molecule has 1 amide bonds. The second-order valence-electron chi connectivity index (χ2n) is 4.79. The maximum Gasteiger partial charge on any atom is 0.411 e. The Morgan fingerprint density at radius 3 is 2.55 bits per heavy atom. The average molecular weight is 278 g/mol. The summed E-state index contributed by atoms with van der Waals surface area (Å²) in [7, 11) is 1.32. The van der Waals surface area contributed by atoms with Gasteiger partial charge in [-0.25, -0.2) is 9.79 Å². The molecule has 0 aromatic heterocycles. The molecule has 0 aliphatic carbocycles. The molecule has 0 spiro atoms. The minimum atomic E-state index is -0.488. The molecule has 6 heteroatoms. The van der Waals surface area contributed by atoms with E-state index in [4.69, 9.17) is 5.73 Å². The van der Waals surface area contributed by atoms with Crippen molar-refractivity contribution in [2.45, 2.75) is 20.4 Å². The summed E-state index contributed by atoms with van der Waals surface area (Å²) in [5.41, 5.74) is 7.43. The number of carbonyl (C=O) groups is 1. The third kappa shape index (κ3) is 6.08. The number of hydrogen-bond donors (Lipinski definition) is 3. The Labute approximate surface area is 119 Å². The molecule has 0 saturated heterocycles. The molecule has 110 valence electrons. The molecule has 1 aromatic carbocycles. The lowest BCUT2D eigenvalue weighted by molar-refractivity contribution is 0.187. The van der Waals surface area contributed by atoms with Crippen LogP contribution in [0.4, 0.5) is 10.5 Å². The van der Waals surface area contributed by atoms with Crippen molar-refractivity contribution in [3.8, 4) is 0 Å². The van der Waals surface area contributed by atoms with Gasteiger partial charge in [0.1, 0.15) is 0 Å². The molecule has 0 atom stereocenters. The Balaban J connectivity index is 2.48. The first-order valence-electron chi connectivity index (χ1n) is 6.49. The molecule has 0 radical (unpaired) electrons. The number of methoxy groups -OCH3 is 1. The summed E-state index contributed by atoms with van der Waals surface area (Å²) in [6.45, 7) is 5.51. The Kier molecular flexibility index (Phi) is 6.36. The fourth-order valence-electron chi connectivity index (χ4n) is 1.40. The van der Waals surface area contributed by atoms with Crippen LogP contribution in [0.5, 0.6) is 0 Å². The van der Waals surface area contributed by atoms with E-state index in [-0.39, 0.29) is 0 Å². The second kappa shape index (κ2) is 8.04. The van der Waals surface area contributed by atoms with E-state index >= 15 is 0 Å². The normalized spacial score (nSPS) is 11.3. The minimum Gasteiger partial charge on any atom is -0.453 e. The number of anilines is 1. The average Bonchev–Trinajstić information content (AvgIpc) is 2.44. The van der Waals surface area contributed by atoms with Crippen molar-refractivity contribution in [1.82, 2.24) is 5.32 Å². The molecule has 1 rings (SSSR count). The molecule has 0 fully saturated rings. The number of aliphatic imine (C=N–C) groups is 1. The fourth-order valence-corrected chi connectivity index (χ4v) is 1.40. The zero-order valence-electron chi connectivity index (χ0n) is 12.1. The van der Waals surface area contributed by atoms with Gasteiger partial charge in [-0.05, 0) is 23.6 Å². The van der Waals surface area contributed by atoms with Gasteiger partial charge in [-0.1, -0.05) is 26.0 Å². The summed E-state index contributed by atoms with van der Waals surface area (Å²) in [5, 5.41) is 5.63. The summed E-state index contributed by atoms with van der Waals surface area (Å²) in [5.74, 6) is 0.961. The van der Waals surface area contributed by atoms with Crippen LogP contribution in [0, 0.1) is 5.92 Å². The molecule has 0 aliphatic heterocycles. The smallest absolute Gasteiger partial charge is 0.411 e. The van der Waals surface area contributed by atoms with Crippen LogP contribution in [0.25, 0.3) is 0 Å². The number of amides is 1. The monoisotopic (exact) mass is 278 g/mol. The molecule has 20 heavy (non-hydrogen) atoms. The van der Waals surface area contributed by atoms with E-state index in [1.54, 1.807) is 12.1 Å². The molecular formula is C14H22N4O2. The minimum absolute atomic E-state index is 0.440. The summed E-state index contributed by atoms with van der Waals surface area (Å²) < 4.78 is 4.51. The first-order chi connectivity index (χ1) is 9.51. The predicted molar refractivity (Wildman–Crippen MR) is 80.6 cm³/mol. The number of hydrogen-bond acceptors (Lipinski definition) is 3. The van der Waals surface area contributed by atoms with Gasteiger partial charge in [-0.3, -0.25) is 5.32 Å². The first kappa shape index (κ1) is 15.8. The summed E-state index contributed by atoms with van der Waals surface area (Å²) in [6.07, 6.45) is -0.488. The maximum atomic E-state index is 11.0. The number of rotatable bonds is 5. The van der Waals surface area contributed by atoms with E-state index < -0.39 is 6.09 Å². The van der Waals surface area contributed by atoms with Gasteiger partial charge in [0, 0.05) is 12.2 Å². The number of ether oxygens (including phenoxy) is 1. The van der Waals surface area contributed by atoms with Gasteiger partial charge >= 0.3 is 6.09 Å². The van der Waals surface area contributed by atoms with Gasteiger partial charge in [0.15, 0.2) is 5.96 Å². The third-order valence-corrected chi connectivity index (χ3v) is 2.51. The van der Waals surface area contributed by atoms with Crippen molar-refractivity contribution in [3.05, 3.63) is 29.8 Å². The first-order valence-corrected chi connectivity index (χ1v) is 6.49. The number of carbonyl (C=O) groups excluding carboxylic acids is 1. The molecule has 0 aliphatic rings. The Hall–Kier alpha value is -2.24. The zero-order valence-corrected chi connectivity index (χ0v) is 12.1. The quantitative estimate of drug-likeness (QED) is 0.567. The number of nitrogens with one attached hydrogen (secondary N) is 2. The largest absolute Gasteiger partial charge is 0.453 e. The van der Waals surface area contributed by atoms with E-state index in [0.717, 1.165) is 12.1 Å². The lowest BCUT2D eigenvalue weighted by Crippen LogP contribution is -2.34. The molecular weight excluding hydrogens is 256 g/mol. The van der Waals surface area contributed by atoms with E-state index in [1.165, 1.54) is 7.11 Å². The van der Waals surface area contributed by atoms with Gasteiger partial charge in [0.25, 0.3) is 0 Å². The Morgan fingerprint density at radius 1 is 1.35 bits per heavy atom. The van der Waals surface area contributed by atoms with Crippen LogP contribution >= 0.6 is 0 Å². The summed E-state index contributed by atoms with van der Waals surface area (Å²) in [6, 6.07) is 7.34. The van der Waals surface area contributed by atoms with Crippen LogP contribution in [-0.2, 0) is 11.3 Å².